The fourth-order valence-electron chi connectivity index (χ4n) is 3.71. The number of hydrogen-bond donors (Lipinski definition) is 3. The summed E-state index contributed by atoms with van der Waals surface area (Å²) in [6.07, 6.45) is 3.13. The summed E-state index contributed by atoms with van der Waals surface area (Å²) in [5.41, 5.74) is 5.57. The third-order valence-electron chi connectivity index (χ3n) is 4.46. The molecule has 1 aliphatic rings. The quantitative estimate of drug-likeness (QED) is 0.470. The van der Waals surface area contributed by atoms with Gasteiger partial charge in [-0.15, -0.1) is 0 Å². The Morgan fingerprint density at radius 3 is 2.08 bits per heavy atom. The van der Waals surface area contributed by atoms with Crippen LogP contribution in [0.25, 0.3) is 0 Å². The maximum absolute atomic E-state index is 12.6. The number of aliphatic hydroxyl groups excluding tert-OH is 2. The van der Waals surface area contributed by atoms with Crippen LogP contribution >= 0.6 is 0 Å². The number of amides is 1. The van der Waals surface area contributed by atoms with Gasteiger partial charge in [-0.3, -0.25) is 4.79 Å². The first kappa shape index (κ1) is 20.4. The van der Waals surface area contributed by atoms with E-state index in [1.165, 1.54) is 4.90 Å². The summed E-state index contributed by atoms with van der Waals surface area (Å²) in [5.74, 6) is -0.484. The van der Waals surface area contributed by atoms with Crippen molar-refractivity contribution in [2.45, 2.75) is 57.7 Å². The van der Waals surface area contributed by atoms with Gasteiger partial charge in [0.2, 0.25) is 0 Å². The second-order valence-electron chi connectivity index (χ2n) is 7.56. The Kier molecular flexibility index (Phi) is 6.78. The lowest BCUT2D eigenvalue weighted by molar-refractivity contribution is -0.127. The Labute approximate surface area is 144 Å². The van der Waals surface area contributed by atoms with Gasteiger partial charge in [-0.2, -0.15) is 5.26 Å². The lowest BCUT2D eigenvalue weighted by atomic mass is 9.77. The van der Waals surface area contributed by atoms with Crippen molar-refractivity contribution in [3.05, 3.63) is 11.8 Å². The molecule has 0 spiro atoms. The molecule has 1 heterocycles. The predicted molar refractivity (Wildman–Crippen MR) is 91.7 cm³/mol. The van der Waals surface area contributed by atoms with E-state index in [1.807, 2.05) is 38.7 Å². The fraction of sp³-hybridized carbons (Fsp3) is 0.765. The van der Waals surface area contributed by atoms with E-state index in [-0.39, 0.29) is 49.0 Å². The number of nitrogens with zero attached hydrogens (tertiary/aromatic N) is 3. The number of nitriles is 1. The van der Waals surface area contributed by atoms with Gasteiger partial charge in [0.25, 0.3) is 5.91 Å². The summed E-state index contributed by atoms with van der Waals surface area (Å²) in [7, 11) is 0. The van der Waals surface area contributed by atoms with Crippen molar-refractivity contribution in [2.24, 2.45) is 5.73 Å². The van der Waals surface area contributed by atoms with Gasteiger partial charge in [0.15, 0.2) is 0 Å². The normalized spacial score (nSPS) is 20.6. The third-order valence-corrected chi connectivity index (χ3v) is 4.46. The minimum absolute atomic E-state index is 0.00600. The van der Waals surface area contributed by atoms with E-state index in [9.17, 15) is 10.1 Å². The van der Waals surface area contributed by atoms with Crippen LogP contribution in [0.5, 0.6) is 0 Å². The molecular weight excluding hydrogens is 308 g/mol. The van der Waals surface area contributed by atoms with Crippen LogP contribution in [0.15, 0.2) is 11.8 Å². The second kappa shape index (κ2) is 7.97. The Hall–Kier alpha value is -1.62. The van der Waals surface area contributed by atoms with Crippen LogP contribution < -0.4 is 5.73 Å². The number of rotatable bonds is 6. The highest BCUT2D eigenvalue weighted by molar-refractivity contribution is 5.97. The first-order valence-electron chi connectivity index (χ1n) is 8.27. The Morgan fingerprint density at radius 1 is 1.25 bits per heavy atom. The van der Waals surface area contributed by atoms with Crippen molar-refractivity contribution in [1.82, 2.24) is 9.80 Å². The minimum Gasteiger partial charge on any atom is -0.395 e. The van der Waals surface area contributed by atoms with Gasteiger partial charge in [0.1, 0.15) is 11.6 Å². The molecule has 24 heavy (non-hydrogen) atoms. The van der Waals surface area contributed by atoms with Gasteiger partial charge in [-0.05, 0) is 40.5 Å². The zero-order valence-electron chi connectivity index (χ0n) is 15.1. The third kappa shape index (κ3) is 4.69. The van der Waals surface area contributed by atoms with Crippen LogP contribution in [0.4, 0.5) is 0 Å². The van der Waals surface area contributed by atoms with Crippen LogP contribution in [0.3, 0.4) is 0 Å². The lowest BCUT2D eigenvalue weighted by Gasteiger charge is -2.54. The molecule has 0 unspecified atom stereocenters. The van der Waals surface area contributed by atoms with Gasteiger partial charge in [0, 0.05) is 36.4 Å². The average Bonchev–Trinajstić information content (AvgIpc) is 2.44. The molecule has 1 aliphatic heterocycles. The zero-order valence-corrected chi connectivity index (χ0v) is 15.1. The number of aliphatic hydroxyl groups is 2. The minimum atomic E-state index is -0.484. The smallest absolute Gasteiger partial charge is 0.266 e. The van der Waals surface area contributed by atoms with E-state index < -0.39 is 5.91 Å². The zero-order chi connectivity index (χ0) is 18.5. The maximum Gasteiger partial charge on any atom is 0.266 e. The highest BCUT2D eigenvalue weighted by Crippen LogP contribution is 2.38. The summed E-state index contributed by atoms with van der Waals surface area (Å²) >= 11 is 0. The molecule has 136 valence electrons. The van der Waals surface area contributed by atoms with Crippen molar-refractivity contribution >= 4 is 5.91 Å². The molecule has 0 aromatic rings. The average molecular weight is 338 g/mol. The molecule has 0 aliphatic carbocycles. The van der Waals surface area contributed by atoms with Crippen LogP contribution in [-0.4, -0.2) is 69.3 Å². The predicted octanol–water partition coefficient (Wildman–Crippen LogP) is 0.187. The van der Waals surface area contributed by atoms with E-state index in [0.29, 0.717) is 0 Å². The molecule has 7 nitrogen and oxygen atoms in total. The molecule has 0 radical (unpaired) electrons. The van der Waals surface area contributed by atoms with Crippen LogP contribution in [0, 0.1) is 11.3 Å². The van der Waals surface area contributed by atoms with Gasteiger partial charge in [-0.25, -0.2) is 0 Å². The Balaban J connectivity index is 3.17. The largest absolute Gasteiger partial charge is 0.395 e. The highest BCUT2D eigenvalue weighted by Gasteiger charge is 2.43. The first-order chi connectivity index (χ1) is 11.1. The summed E-state index contributed by atoms with van der Waals surface area (Å²) < 4.78 is 0. The molecular formula is C17H30N4O3. The van der Waals surface area contributed by atoms with Gasteiger partial charge < -0.3 is 25.7 Å². The molecule has 4 N–H and O–H groups in total. The number of carbonyl (C=O) groups excluding carboxylic acids is 1. The van der Waals surface area contributed by atoms with Crippen molar-refractivity contribution in [3.8, 4) is 6.07 Å². The fourth-order valence-corrected chi connectivity index (χ4v) is 3.71. The summed E-state index contributed by atoms with van der Waals surface area (Å²) in [5, 5.41) is 27.6. The van der Waals surface area contributed by atoms with E-state index in [1.54, 1.807) is 6.20 Å². The number of carbonyl (C=O) groups is 1. The van der Waals surface area contributed by atoms with Gasteiger partial charge in [0.05, 0.1) is 13.2 Å². The molecule has 0 aromatic heterocycles. The highest BCUT2D eigenvalue weighted by atomic mass is 16.3. The summed E-state index contributed by atoms with van der Waals surface area (Å²) in [4.78, 5) is 15.9. The number of nitrogens with two attached hydrogens (primary N) is 1. The first-order valence-corrected chi connectivity index (χ1v) is 8.27. The number of likely N-dealkylation sites (tertiary alicyclic amines) is 1. The number of piperidine rings is 1. The summed E-state index contributed by atoms with van der Waals surface area (Å²) in [6.45, 7) is 7.89. The van der Waals surface area contributed by atoms with Gasteiger partial charge in [-0.1, -0.05) is 0 Å². The summed E-state index contributed by atoms with van der Waals surface area (Å²) in [6, 6.07) is 2.04. The SMILES string of the molecule is CC1(C)CC(N)CC(C)(C)N1/C=C(/C#N)C(=O)N(CCO)CCO. The lowest BCUT2D eigenvalue weighted by Crippen LogP contribution is -2.61. The molecule has 1 rings (SSSR count). The van der Waals surface area contributed by atoms with E-state index in [2.05, 4.69) is 0 Å². The Morgan fingerprint density at radius 2 is 1.71 bits per heavy atom. The molecule has 1 saturated heterocycles. The molecule has 0 bridgehead atoms. The molecule has 0 saturated carbocycles. The molecule has 0 aromatic carbocycles. The molecule has 0 atom stereocenters. The van der Waals surface area contributed by atoms with Crippen molar-refractivity contribution < 1.29 is 15.0 Å². The molecule has 1 fully saturated rings. The van der Waals surface area contributed by atoms with Crippen LogP contribution in [-0.2, 0) is 4.79 Å². The second-order valence-corrected chi connectivity index (χ2v) is 7.56. The Bertz CT molecular complexity index is 498. The van der Waals surface area contributed by atoms with Gasteiger partial charge >= 0.3 is 0 Å². The van der Waals surface area contributed by atoms with Crippen molar-refractivity contribution in [3.63, 3.8) is 0 Å². The van der Waals surface area contributed by atoms with E-state index in [4.69, 9.17) is 15.9 Å². The van der Waals surface area contributed by atoms with E-state index >= 15 is 0 Å². The molecule has 1 amide bonds. The van der Waals surface area contributed by atoms with Crippen LogP contribution in [0.1, 0.15) is 40.5 Å². The molecule has 7 heteroatoms. The standard InChI is InChI=1S/C17H30N4O3/c1-16(2)9-14(19)10-17(3,4)21(16)12-13(11-18)15(24)20(5-7-22)6-8-23/h12,14,22-23H,5-10,19H2,1-4H3/b13-12-. The monoisotopic (exact) mass is 338 g/mol. The van der Waals surface area contributed by atoms with E-state index in [0.717, 1.165) is 12.8 Å². The topological polar surface area (TPSA) is 114 Å². The maximum atomic E-state index is 12.6. The number of hydrogen-bond acceptors (Lipinski definition) is 6. The van der Waals surface area contributed by atoms with Crippen molar-refractivity contribution in [2.75, 3.05) is 26.3 Å². The van der Waals surface area contributed by atoms with Crippen molar-refractivity contribution in [1.29, 1.82) is 5.26 Å². The van der Waals surface area contributed by atoms with Crippen LogP contribution in [0.2, 0.25) is 0 Å².